The van der Waals surface area contributed by atoms with Crippen molar-refractivity contribution in [2.75, 3.05) is 25.0 Å². The maximum atomic E-state index is 12.2. The predicted molar refractivity (Wildman–Crippen MR) is 67.3 cm³/mol. The van der Waals surface area contributed by atoms with Crippen molar-refractivity contribution in [2.24, 2.45) is 0 Å². The maximum Gasteiger partial charge on any atom is 0.274 e. The van der Waals surface area contributed by atoms with Crippen LogP contribution in [0.1, 0.15) is 30.3 Å². The molecule has 0 spiro atoms. The molecule has 1 amide bonds. The Morgan fingerprint density at radius 3 is 2.78 bits per heavy atom. The highest BCUT2D eigenvalue weighted by Crippen LogP contribution is 2.27. The number of amides is 1. The van der Waals surface area contributed by atoms with E-state index < -0.39 is 0 Å². The van der Waals surface area contributed by atoms with Crippen molar-refractivity contribution in [1.29, 1.82) is 0 Å². The fourth-order valence-electron chi connectivity index (χ4n) is 1.80. The van der Waals surface area contributed by atoms with Crippen molar-refractivity contribution in [3.63, 3.8) is 0 Å². The minimum Gasteiger partial charge on any atom is -0.395 e. The van der Waals surface area contributed by atoms with Gasteiger partial charge in [0.2, 0.25) is 0 Å². The summed E-state index contributed by atoms with van der Waals surface area (Å²) in [6, 6.07) is 0.264. The molecule has 0 radical (unpaired) electrons. The Morgan fingerprint density at radius 2 is 2.28 bits per heavy atom. The Balaban J connectivity index is 2.06. The highest BCUT2D eigenvalue weighted by Gasteiger charge is 2.33. The van der Waals surface area contributed by atoms with Crippen molar-refractivity contribution in [1.82, 2.24) is 14.9 Å². The lowest BCUT2D eigenvalue weighted by atomic mass is 10.3. The zero-order valence-electron chi connectivity index (χ0n) is 10.5. The monoisotopic (exact) mass is 250 g/mol. The van der Waals surface area contributed by atoms with Crippen molar-refractivity contribution in [3.8, 4) is 0 Å². The molecular formula is C12H18N4O2. The Morgan fingerprint density at radius 1 is 1.50 bits per heavy atom. The predicted octanol–water partition coefficient (Wildman–Crippen LogP) is 0.505. The molecule has 1 aromatic rings. The molecule has 1 aliphatic carbocycles. The van der Waals surface area contributed by atoms with Crippen LogP contribution in [0.4, 0.5) is 5.82 Å². The van der Waals surface area contributed by atoms with Crippen LogP contribution in [-0.4, -0.2) is 51.6 Å². The first-order valence-electron chi connectivity index (χ1n) is 6.24. The van der Waals surface area contributed by atoms with Crippen LogP contribution < -0.4 is 5.32 Å². The fourth-order valence-corrected chi connectivity index (χ4v) is 1.80. The molecular weight excluding hydrogens is 232 g/mol. The van der Waals surface area contributed by atoms with Gasteiger partial charge in [-0.1, -0.05) is 0 Å². The molecule has 6 heteroatoms. The van der Waals surface area contributed by atoms with Gasteiger partial charge in [0.05, 0.1) is 19.0 Å². The number of carbonyl (C=O) groups is 1. The molecule has 6 nitrogen and oxygen atoms in total. The van der Waals surface area contributed by atoms with Gasteiger partial charge in [0.15, 0.2) is 0 Å². The standard InChI is InChI=1S/C12H18N4O2/c1-2-13-11-8-14-10(7-15-11)12(18)16(5-6-17)9-3-4-9/h7-9,17H,2-6H2,1H3,(H,13,15). The highest BCUT2D eigenvalue weighted by molar-refractivity contribution is 5.92. The van der Waals surface area contributed by atoms with Gasteiger partial charge in [-0.25, -0.2) is 9.97 Å². The van der Waals surface area contributed by atoms with Crippen LogP contribution in [0.3, 0.4) is 0 Å². The summed E-state index contributed by atoms with van der Waals surface area (Å²) in [7, 11) is 0. The summed E-state index contributed by atoms with van der Waals surface area (Å²) >= 11 is 0. The van der Waals surface area contributed by atoms with Crippen molar-refractivity contribution in [3.05, 3.63) is 18.1 Å². The molecule has 0 saturated heterocycles. The van der Waals surface area contributed by atoms with E-state index in [0.29, 0.717) is 18.1 Å². The first-order valence-corrected chi connectivity index (χ1v) is 6.24. The molecule has 1 heterocycles. The van der Waals surface area contributed by atoms with Gasteiger partial charge in [-0.2, -0.15) is 0 Å². The topological polar surface area (TPSA) is 78.4 Å². The van der Waals surface area contributed by atoms with Gasteiger partial charge in [-0.3, -0.25) is 4.79 Å². The third-order valence-corrected chi connectivity index (χ3v) is 2.82. The first kappa shape index (κ1) is 12.8. The number of anilines is 1. The SMILES string of the molecule is CCNc1cnc(C(=O)N(CCO)C2CC2)cn1. The van der Waals surface area contributed by atoms with E-state index in [1.54, 1.807) is 11.1 Å². The second kappa shape index (κ2) is 5.77. The van der Waals surface area contributed by atoms with Gasteiger partial charge >= 0.3 is 0 Å². The Bertz CT molecular complexity index is 403. The lowest BCUT2D eigenvalue weighted by Crippen LogP contribution is -2.36. The lowest BCUT2D eigenvalue weighted by molar-refractivity contribution is 0.0701. The molecule has 1 fully saturated rings. The first-order chi connectivity index (χ1) is 8.76. The normalized spacial score (nSPS) is 14.3. The number of aliphatic hydroxyl groups is 1. The van der Waals surface area contributed by atoms with Crippen LogP contribution in [0.5, 0.6) is 0 Å². The number of nitrogens with zero attached hydrogens (tertiary/aromatic N) is 3. The van der Waals surface area contributed by atoms with Crippen molar-refractivity contribution < 1.29 is 9.90 Å². The largest absolute Gasteiger partial charge is 0.395 e. The molecule has 0 aromatic carbocycles. The molecule has 0 aliphatic heterocycles. The lowest BCUT2D eigenvalue weighted by Gasteiger charge is -2.20. The minimum atomic E-state index is -0.151. The quantitative estimate of drug-likeness (QED) is 0.769. The molecule has 1 saturated carbocycles. The second-order valence-corrected chi connectivity index (χ2v) is 4.27. The van der Waals surface area contributed by atoms with Crippen LogP contribution in [0.2, 0.25) is 0 Å². The van der Waals surface area contributed by atoms with Crippen LogP contribution >= 0.6 is 0 Å². The average Bonchev–Trinajstić information content (AvgIpc) is 3.21. The third kappa shape index (κ3) is 2.95. The van der Waals surface area contributed by atoms with E-state index in [9.17, 15) is 4.79 Å². The number of aliphatic hydroxyl groups excluding tert-OH is 1. The van der Waals surface area contributed by atoms with E-state index in [1.807, 2.05) is 6.92 Å². The van der Waals surface area contributed by atoms with Gasteiger partial charge in [-0.15, -0.1) is 0 Å². The molecule has 2 rings (SSSR count). The van der Waals surface area contributed by atoms with E-state index in [4.69, 9.17) is 5.11 Å². The zero-order valence-corrected chi connectivity index (χ0v) is 10.5. The molecule has 0 bridgehead atoms. The molecule has 0 atom stereocenters. The summed E-state index contributed by atoms with van der Waals surface area (Å²) in [5.41, 5.74) is 0.331. The molecule has 0 unspecified atom stereocenters. The second-order valence-electron chi connectivity index (χ2n) is 4.27. The number of rotatable bonds is 6. The minimum absolute atomic E-state index is 0.0227. The summed E-state index contributed by atoms with van der Waals surface area (Å²) in [5, 5.41) is 12.0. The van der Waals surface area contributed by atoms with Crippen molar-refractivity contribution >= 4 is 11.7 Å². The van der Waals surface area contributed by atoms with Crippen molar-refractivity contribution in [2.45, 2.75) is 25.8 Å². The average molecular weight is 250 g/mol. The Hall–Kier alpha value is -1.69. The summed E-state index contributed by atoms with van der Waals surface area (Å²) in [4.78, 5) is 22.1. The summed E-state index contributed by atoms with van der Waals surface area (Å²) in [6.45, 7) is 3.07. The Labute approximate surface area is 106 Å². The van der Waals surface area contributed by atoms with E-state index in [2.05, 4.69) is 15.3 Å². The highest BCUT2D eigenvalue weighted by atomic mass is 16.3. The molecule has 2 N–H and O–H groups in total. The smallest absolute Gasteiger partial charge is 0.274 e. The third-order valence-electron chi connectivity index (χ3n) is 2.82. The maximum absolute atomic E-state index is 12.2. The van der Waals surface area contributed by atoms with Crippen LogP contribution in [0, 0.1) is 0 Å². The summed E-state index contributed by atoms with van der Waals surface area (Å²) < 4.78 is 0. The van der Waals surface area contributed by atoms with Crippen LogP contribution in [0.25, 0.3) is 0 Å². The van der Waals surface area contributed by atoms with Gasteiger partial charge in [0, 0.05) is 19.1 Å². The van der Waals surface area contributed by atoms with Crippen LogP contribution in [0.15, 0.2) is 12.4 Å². The van der Waals surface area contributed by atoms with E-state index in [-0.39, 0.29) is 18.6 Å². The van der Waals surface area contributed by atoms with Gasteiger partial charge in [0.1, 0.15) is 11.5 Å². The molecule has 1 aromatic heterocycles. The van der Waals surface area contributed by atoms with Crippen LogP contribution in [-0.2, 0) is 0 Å². The number of aromatic nitrogens is 2. The zero-order chi connectivity index (χ0) is 13.0. The van der Waals surface area contributed by atoms with Gasteiger partial charge in [0.25, 0.3) is 5.91 Å². The van der Waals surface area contributed by atoms with E-state index >= 15 is 0 Å². The number of nitrogens with one attached hydrogen (secondary N) is 1. The van der Waals surface area contributed by atoms with E-state index in [1.165, 1.54) is 6.20 Å². The van der Waals surface area contributed by atoms with E-state index in [0.717, 1.165) is 19.4 Å². The van der Waals surface area contributed by atoms with Gasteiger partial charge < -0.3 is 15.3 Å². The Kier molecular flexibility index (Phi) is 4.09. The number of hydrogen-bond donors (Lipinski definition) is 2. The fraction of sp³-hybridized carbons (Fsp3) is 0.583. The summed E-state index contributed by atoms with van der Waals surface area (Å²) in [6.07, 6.45) is 5.05. The molecule has 98 valence electrons. The summed E-state index contributed by atoms with van der Waals surface area (Å²) in [5.74, 6) is 0.510. The molecule has 18 heavy (non-hydrogen) atoms. The molecule has 1 aliphatic rings. The number of carbonyl (C=O) groups excluding carboxylic acids is 1. The van der Waals surface area contributed by atoms with Gasteiger partial charge in [-0.05, 0) is 19.8 Å². The number of hydrogen-bond acceptors (Lipinski definition) is 5.